The van der Waals surface area contributed by atoms with E-state index in [1.54, 1.807) is 0 Å². The third-order valence-electron chi connectivity index (χ3n) is 2.16. The van der Waals surface area contributed by atoms with Crippen LogP contribution in [0.5, 0.6) is 5.75 Å². The molecule has 3 N–H and O–H groups in total. The van der Waals surface area contributed by atoms with Crippen LogP contribution in [0, 0.1) is 0 Å². The lowest BCUT2D eigenvalue weighted by atomic mass is 10.2. The minimum Gasteiger partial charge on any atom is -0.492 e. The van der Waals surface area contributed by atoms with E-state index >= 15 is 0 Å². The summed E-state index contributed by atoms with van der Waals surface area (Å²) in [7, 11) is 0. The number of nitrogens with one attached hydrogen (secondary N) is 1. The Morgan fingerprint density at radius 3 is 2.81 bits per heavy atom. The second-order valence-electron chi connectivity index (χ2n) is 3.77. The van der Waals surface area contributed by atoms with E-state index in [2.05, 4.69) is 12.2 Å². The molecule has 0 amide bonds. The van der Waals surface area contributed by atoms with E-state index in [1.165, 1.54) is 0 Å². The normalized spacial score (nSPS) is 12.2. The average Bonchev–Trinajstić information content (AvgIpc) is 2.28. The highest BCUT2D eigenvalue weighted by Gasteiger charge is 2.04. The summed E-state index contributed by atoms with van der Waals surface area (Å²) in [6.07, 6.45) is 0.973. The Bertz CT molecular complexity index is 331. The standard InChI is InChI=1S/C12H19ClN2O/c1-3-6-16-12-5-4-10(7-11(12)13)15-9(2)8-14/h4-5,7,9,15H,3,6,8,14H2,1-2H3. The summed E-state index contributed by atoms with van der Waals surface area (Å²) in [5.74, 6) is 0.731. The summed E-state index contributed by atoms with van der Waals surface area (Å²) in [5.41, 5.74) is 6.50. The zero-order valence-corrected chi connectivity index (χ0v) is 10.6. The van der Waals surface area contributed by atoms with Gasteiger partial charge in [0.05, 0.1) is 11.6 Å². The maximum absolute atomic E-state index is 6.10. The summed E-state index contributed by atoms with van der Waals surface area (Å²) in [6.45, 7) is 5.36. The van der Waals surface area contributed by atoms with Crippen molar-refractivity contribution >= 4 is 17.3 Å². The van der Waals surface area contributed by atoms with E-state index in [0.29, 0.717) is 18.2 Å². The zero-order valence-electron chi connectivity index (χ0n) is 9.79. The number of hydrogen-bond acceptors (Lipinski definition) is 3. The van der Waals surface area contributed by atoms with Gasteiger partial charge in [0.1, 0.15) is 5.75 Å². The van der Waals surface area contributed by atoms with E-state index in [0.717, 1.165) is 17.9 Å². The van der Waals surface area contributed by atoms with Crippen molar-refractivity contribution in [1.82, 2.24) is 0 Å². The van der Waals surface area contributed by atoms with E-state index in [1.807, 2.05) is 25.1 Å². The monoisotopic (exact) mass is 242 g/mol. The second-order valence-corrected chi connectivity index (χ2v) is 4.18. The molecule has 0 aliphatic rings. The highest BCUT2D eigenvalue weighted by Crippen LogP contribution is 2.27. The van der Waals surface area contributed by atoms with Crippen LogP contribution in [-0.4, -0.2) is 19.2 Å². The molecule has 0 heterocycles. The number of hydrogen-bond donors (Lipinski definition) is 2. The van der Waals surface area contributed by atoms with Crippen molar-refractivity contribution in [3.8, 4) is 5.75 Å². The minimum absolute atomic E-state index is 0.235. The fourth-order valence-electron chi connectivity index (χ4n) is 1.26. The van der Waals surface area contributed by atoms with Gasteiger partial charge in [-0.1, -0.05) is 18.5 Å². The topological polar surface area (TPSA) is 47.3 Å². The first kappa shape index (κ1) is 13.1. The molecule has 0 aromatic heterocycles. The van der Waals surface area contributed by atoms with Gasteiger partial charge in [-0.3, -0.25) is 0 Å². The number of rotatable bonds is 6. The number of benzene rings is 1. The molecule has 0 aliphatic heterocycles. The molecule has 1 unspecified atom stereocenters. The van der Waals surface area contributed by atoms with Gasteiger partial charge in [0.2, 0.25) is 0 Å². The second kappa shape index (κ2) is 6.61. The van der Waals surface area contributed by atoms with Crippen LogP contribution >= 0.6 is 11.6 Å². The Kier molecular flexibility index (Phi) is 5.43. The number of nitrogens with two attached hydrogens (primary N) is 1. The molecule has 90 valence electrons. The van der Waals surface area contributed by atoms with Crippen LogP contribution < -0.4 is 15.8 Å². The van der Waals surface area contributed by atoms with E-state index in [4.69, 9.17) is 22.1 Å². The molecular formula is C12H19ClN2O. The highest BCUT2D eigenvalue weighted by molar-refractivity contribution is 6.32. The molecule has 0 saturated carbocycles. The van der Waals surface area contributed by atoms with E-state index in [-0.39, 0.29) is 6.04 Å². The maximum Gasteiger partial charge on any atom is 0.138 e. The Morgan fingerprint density at radius 2 is 2.25 bits per heavy atom. The summed E-state index contributed by atoms with van der Waals surface area (Å²) >= 11 is 6.10. The van der Waals surface area contributed by atoms with Gasteiger partial charge in [-0.2, -0.15) is 0 Å². The first-order chi connectivity index (χ1) is 7.67. The van der Waals surface area contributed by atoms with Crippen LogP contribution in [0.3, 0.4) is 0 Å². The number of halogens is 1. The third-order valence-corrected chi connectivity index (χ3v) is 2.46. The molecule has 4 heteroatoms. The Hall–Kier alpha value is -0.930. The lowest BCUT2D eigenvalue weighted by Crippen LogP contribution is -2.25. The van der Waals surface area contributed by atoms with Crippen LogP contribution in [0.25, 0.3) is 0 Å². The van der Waals surface area contributed by atoms with Crippen molar-refractivity contribution < 1.29 is 4.74 Å². The molecule has 0 saturated heterocycles. The van der Waals surface area contributed by atoms with Crippen molar-refractivity contribution in [2.24, 2.45) is 5.73 Å². The van der Waals surface area contributed by atoms with Crippen molar-refractivity contribution in [2.75, 3.05) is 18.5 Å². The summed E-state index contributed by atoms with van der Waals surface area (Å²) in [5, 5.41) is 3.88. The minimum atomic E-state index is 0.235. The van der Waals surface area contributed by atoms with Crippen LogP contribution in [0.2, 0.25) is 5.02 Å². The molecule has 0 bridgehead atoms. The van der Waals surface area contributed by atoms with Gasteiger partial charge in [-0.25, -0.2) is 0 Å². The van der Waals surface area contributed by atoms with Crippen molar-refractivity contribution in [3.05, 3.63) is 23.2 Å². The molecule has 0 spiro atoms. The lowest BCUT2D eigenvalue weighted by molar-refractivity contribution is 0.317. The fraction of sp³-hybridized carbons (Fsp3) is 0.500. The lowest BCUT2D eigenvalue weighted by Gasteiger charge is -2.14. The Balaban J connectivity index is 2.66. The maximum atomic E-state index is 6.10. The van der Waals surface area contributed by atoms with Crippen molar-refractivity contribution in [1.29, 1.82) is 0 Å². The predicted molar refractivity (Wildman–Crippen MR) is 69.4 cm³/mol. The molecule has 3 nitrogen and oxygen atoms in total. The van der Waals surface area contributed by atoms with Gasteiger partial charge in [0, 0.05) is 18.3 Å². The first-order valence-electron chi connectivity index (χ1n) is 5.56. The molecule has 1 aromatic carbocycles. The van der Waals surface area contributed by atoms with Crippen LogP contribution in [0.15, 0.2) is 18.2 Å². The van der Waals surface area contributed by atoms with Crippen LogP contribution in [0.4, 0.5) is 5.69 Å². The van der Waals surface area contributed by atoms with Gasteiger partial charge in [-0.15, -0.1) is 0 Å². The van der Waals surface area contributed by atoms with Crippen LogP contribution in [0.1, 0.15) is 20.3 Å². The van der Waals surface area contributed by atoms with Gasteiger partial charge < -0.3 is 15.8 Å². The van der Waals surface area contributed by atoms with Gasteiger partial charge in [-0.05, 0) is 31.5 Å². The van der Waals surface area contributed by atoms with Crippen molar-refractivity contribution in [3.63, 3.8) is 0 Å². The van der Waals surface area contributed by atoms with E-state index < -0.39 is 0 Å². The largest absolute Gasteiger partial charge is 0.492 e. The SMILES string of the molecule is CCCOc1ccc(NC(C)CN)cc1Cl. The number of anilines is 1. The van der Waals surface area contributed by atoms with Gasteiger partial charge in [0.25, 0.3) is 0 Å². The summed E-state index contributed by atoms with van der Waals surface area (Å²) in [6, 6.07) is 5.92. The Morgan fingerprint density at radius 1 is 1.50 bits per heavy atom. The molecule has 0 aliphatic carbocycles. The van der Waals surface area contributed by atoms with Crippen molar-refractivity contribution in [2.45, 2.75) is 26.3 Å². The van der Waals surface area contributed by atoms with Gasteiger partial charge in [0.15, 0.2) is 0 Å². The molecule has 1 aromatic rings. The number of ether oxygens (including phenoxy) is 1. The molecule has 1 atom stereocenters. The first-order valence-corrected chi connectivity index (χ1v) is 5.94. The Labute approximate surface area is 102 Å². The predicted octanol–water partition coefficient (Wildman–Crippen LogP) is 2.89. The molecule has 1 rings (SSSR count). The average molecular weight is 243 g/mol. The zero-order chi connectivity index (χ0) is 12.0. The quantitative estimate of drug-likeness (QED) is 0.807. The fourth-order valence-corrected chi connectivity index (χ4v) is 1.50. The highest BCUT2D eigenvalue weighted by atomic mass is 35.5. The third kappa shape index (κ3) is 3.91. The molecule has 0 fully saturated rings. The molecular weight excluding hydrogens is 224 g/mol. The molecule has 0 radical (unpaired) electrons. The molecule has 16 heavy (non-hydrogen) atoms. The van der Waals surface area contributed by atoms with E-state index in [9.17, 15) is 0 Å². The summed E-state index contributed by atoms with van der Waals surface area (Å²) < 4.78 is 5.49. The van der Waals surface area contributed by atoms with Gasteiger partial charge >= 0.3 is 0 Å². The van der Waals surface area contributed by atoms with Crippen LogP contribution in [-0.2, 0) is 0 Å². The smallest absolute Gasteiger partial charge is 0.138 e. The summed E-state index contributed by atoms with van der Waals surface area (Å²) in [4.78, 5) is 0.